The number of aryl methyl sites for hydroxylation is 1. The first-order valence-electron chi connectivity index (χ1n) is 5.42. The fourth-order valence-electron chi connectivity index (χ4n) is 1.09. The zero-order valence-corrected chi connectivity index (χ0v) is 10.3. The highest BCUT2D eigenvalue weighted by Crippen LogP contribution is 2.05. The molecule has 0 aromatic heterocycles. The molecule has 0 atom stereocenters. The van der Waals surface area contributed by atoms with Crippen molar-refractivity contribution in [2.75, 3.05) is 6.61 Å². The van der Waals surface area contributed by atoms with Gasteiger partial charge in [0.25, 0.3) is 0 Å². The number of nitrogens with zero attached hydrogens (tertiary/aromatic N) is 2. The number of carbonyl (C=O) groups is 2. The number of amides is 2. The highest BCUT2D eigenvalue weighted by Gasteiger charge is 2.03. The zero-order chi connectivity index (χ0) is 13.4. The lowest BCUT2D eigenvalue weighted by Crippen LogP contribution is -2.01. The minimum Gasteiger partial charge on any atom is -0.447 e. The van der Waals surface area contributed by atoms with Crippen molar-refractivity contribution in [3.8, 4) is 0 Å². The fraction of sp³-hybridized carbons (Fsp3) is 0.333. The Morgan fingerprint density at radius 2 is 1.61 bits per heavy atom. The zero-order valence-electron chi connectivity index (χ0n) is 10.3. The van der Waals surface area contributed by atoms with Crippen LogP contribution in [0.5, 0.6) is 0 Å². The van der Waals surface area contributed by atoms with Gasteiger partial charge in [0.15, 0.2) is 0 Å². The first-order chi connectivity index (χ1) is 8.61. The van der Waals surface area contributed by atoms with Crippen LogP contribution in [-0.2, 0) is 16.1 Å². The molecular formula is C12H14N2O4. The molecule has 0 bridgehead atoms. The summed E-state index contributed by atoms with van der Waals surface area (Å²) in [5.41, 5.74) is 1.95. The molecule has 6 heteroatoms. The molecule has 2 amide bonds. The predicted molar refractivity (Wildman–Crippen MR) is 63.2 cm³/mol. The number of hydrogen-bond donors (Lipinski definition) is 0. The lowest BCUT2D eigenvalue weighted by molar-refractivity contribution is 0.144. The molecule has 1 aromatic rings. The van der Waals surface area contributed by atoms with E-state index >= 15 is 0 Å². The summed E-state index contributed by atoms with van der Waals surface area (Å²) in [5, 5.41) is 6.09. The van der Waals surface area contributed by atoms with Crippen LogP contribution < -0.4 is 0 Å². The topological polar surface area (TPSA) is 77.3 Å². The maximum absolute atomic E-state index is 11.1. The van der Waals surface area contributed by atoms with E-state index in [-0.39, 0.29) is 13.2 Å². The summed E-state index contributed by atoms with van der Waals surface area (Å²) >= 11 is 0. The molecule has 0 spiro atoms. The van der Waals surface area contributed by atoms with Gasteiger partial charge in [-0.25, -0.2) is 9.59 Å². The van der Waals surface area contributed by atoms with E-state index in [0.29, 0.717) is 0 Å². The minimum absolute atomic E-state index is 0.0843. The van der Waals surface area contributed by atoms with Gasteiger partial charge < -0.3 is 9.47 Å². The maximum atomic E-state index is 11.1. The monoisotopic (exact) mass is 250 g/mol. The average Bonchev–Trinajstić information content (AvgIpc) is 2.36. The summed E-state index contributed by atoms with van der Waals surface area (Å²) < 4.78 is 9.25. The second kappa shape index (κ2) is 7.16. The van der Waals surface area contributed by atoms with E-state index in [1.807, 2.05) is 31.2 Å². The van der Waals surface area contributed by atoms with Gasteiger partial charge in [-0.15, -0.1) is 0 Å². The van der Waals surface area contributed by atoms with Gasteiger partial charge in [-0.05, 0) is 19.4 Å². The molecule has 0 unspecified atom stereocenters. The van der Waals surface area contributed by atoms with E-state index in [9.17, 15) is 9.59 Å². The number of carbonyl (C=O) groups excluding carboxylic acids is 2. The molecule has 0 fully saturated rings. The van der Waals surface area contributed by atoms with Crippen molar-refractivity contribution in [1.82, 2.24) is 0 Å². The Balaban J connectivity index is 2.37. The molecule has 0 saturated carbocycles. The molecule has 1 rings (SSSR count). The Labute approximate surface area is 105 Å². The molecule has 0 heterocycles. The van der Waals surface area contributed by atoms with E-state index in [0.717, 1.165) is 11.1 Å². The van der Waals surface area contributed by atoms with Crippen molar-refractivity contribution in [1.29, 1.82) is 0 Å². The van der Waals surface area contributed by atoms with Crippen molar-refractivity contribution >= 4 is 12.2 Å². The normalized spacial score (nSPS) is 10.3. The van der Waals surface area contributed by atoms with E-state index in [1.54, 1.807) is 6.92 Å². The van der Waals surface area contributed by atoms with Crippen molar-refractivity contribution in [3.05, 3.63) is 35.4 Å². The van der Waals surface area contributed by atoms with Crippen LogP contribution in [0.25, 0.3) is 0 Å². The summed E-state index contributed by atoms with van der Waals surface area (Å²) in [6.07, 6.45) is -1.84. The quantitative estimate of drug-likeness (QED) is 0.771. The first kappa shape index (κ1) is 13.8. The van der Waals surface area contributed by atoms with Crippen LogP contribution in [0.1, 0.15) is 18.1 Å². The van der Waals surface area contributed by atoms with Crippen LogP contribution in [0.3, 0.4) is 0 Å². The smallest absolute Gasteiger partial charge is 0.447 e. The van der Waals surface area contributed by atoms with Gasteiger partial charge in [-0.3, -0.25) is 0 Å². The summed E-state index contributed by atoms with van der Waals surface area (Å²) in [5.74, 6) is 0. The van der Waals surface area contributed by atoms with E-state index in [1.165, 1.54) is 0 Å². The molecule has 1 aromatic carbocycles. The van der Waals surface area contributed by atoms with Crippen LogP contribution in [0, 0.1) is 6.92 Å². The SMILES string of the molecule is CCOC(=O)/N=N/C(=O)OCc1ccc(C)cc1. The van der Waals surface area contributed by atoms with Gasteiger partial charge in [0.05, 0.1) is 6.61 Å². The molecule has 0 N–H and O–H groups in total. The largest absolute Gasteiger partial charge is 0.452 e. The van der Waals surface area contributed by atoms with Gasteiger partial charge in [-0.1, -0.05) is 40.1 Å². The molecular weight excluding hydrogens is 236 g/mol. The Morgan fingerprint density at radius 1 is 1.06 bits per heavy atom. The third kappa shape index (κ3) is 5.20. The molecule has 0 radical (unpaired) electrons. The summed E-state index contributed by atoms with van der Waals surface area (Å²) in [4.78, 5) is 21.9. The maximum Gasteiger partial charge on any atom is 0.452 e. The minimum atomic E-state index is -0.927. The predicted octanol–water partition coefficient (Wildman–Crippen LogP) is 3.24. The summed E-state index contributed by atoms with van der Waals surface area (Å²) in [6.45, 7) is 3.85. The molecule has 6 nitrogen and oxygen atoms in total. The van der Waals surface area contributed by atoms with E-state index < -0.39 is 12.2 Å². The van der Waals surface area contributed by atoms with Gasteiger partial charge in [0, 0.05) is 0 Å². The number of hydrogen-bond acceptors (Lipinski definition) is 4. The third-order valence-corrected chi connectivity index (χ3v) is 1.96. The summed E-state index contributed by atoms with van der Waals surface area (Å²) in [6, 6.07) is 7.49. The third-order valence-electron chi connectivity index (χ3n) is 1.96. The Morgan fingerprint density at radius 3 is 2.17 bits per heavy atom. The highest BCUT2D eigenvalue weighted by molar-refractivity contribution is 5.73. The summed E-state index contributed by atoms with van der Waals surface area (Å²) in [7, 11) is 0. The second-order valence-electron chi connectivity index (χ2n) is 3.44. The molecule has 0 aliphatic rings. The number of benzene rings is 1. The van der Waals surface area contributed by atoms with Crippen molar-refractivity contribution in [2.45, 2.75) is 20.5 Å². The van der Waals surface area contributed by atoms with Gasteiger partial charge in [0.2, 0.25) is 0 Å². The van der Waals surface area contributed by atoms with E-state index in [4.69, 9.17) is 4.74 Å². The van der Waals surface area contributed by atoms with Crippen LogP contribution in [-0.4, -0.2) is 18.8 Å². The van der Waals surface area contributed by atoms with Crippen molar-refractivity contribution in [2.24, 2.45) is 10.2 Å². The molecule has 18 heavy (non-hydrogen) atoms. The van der Waals surface area contributed by atoms with Crippen molar-refractivity contribution < 1.29 is 19.1 Å². The standard InChI is InChI=1S/C12H14N2O4/c1-3-17-11(15)13-14-12(16)18-8-10-6-4-9(2)5-7-10/h4-7H,3,8H2,1-2H3/b14-13+. The average molecular weight is 250 g/mol. The van der Waals surface area contributed by atoms with Gasteiger partial charge >= 0.3 is 12.2 Å². The van der Waals surface area contributed by atoms with Crippen LogP contribution in [0.2, 0.25) is 0 Å². The second-order valence-corrected chi connectivity index (χ2v) is 3.44. The Kier molecular flexibility index (Phi) is 5.50. The molecule has 0 aliphatic carbocycles. The van der Waals surface area contributed by atoms with E-state index in [2.05, 4.69) is 15.0 Å². The van der Waals surface area contributed by atoms with Crippen LogP contribution in [0.15, 0.2) is 34.5 Å². The van der Waals surface area contributed by atoms with Gasteiger partial charge in [0.1, 0.15) is 6.61 Å². The molecule has 0 aliphatic heterocycles. The number of azo groups is 1. The highest BCUT2D eigenvalue weighted by atomic mass is 16.6. The molecule has 96 valence electrons. The Bertz CT molecular complexity index is 440. The first-order valence-corrected chi connectivity index (χ1v) is 5.42. The van der Waals surface area contributed by atoms with Crippen molar-refractivity contribution in [3.63, 3.8) is 0 Å². The fourth-order valence-corrected chi connectivity index (χ4v) is 1.09. The molecule has 0 saturated heterocycles. The lowest BCUT2D eigenvalue weighted by atomic mass is 10.2. The Hall–Kier alpha value is -2.24. The van der Waals surface area contributed by atoms with Crippen LogP contribution in [0.4, 0.5) is 9.59 Å². The number of ether oxygens (including phenoxy) is 2. The van der Waals surface area contributed by atoms with Crippen LogP contribution >= 0.6 is 0 Å². The van der Waals surface area contributed by atoms with Gasteiger partial charge in [-0.2, -0.15) is 0 Å². The lowest BCUT2D eigenvalue weighted by Gasteiger charge is -2.01. The number of rotatable bonds is 3.